The first-order valence-electron chi connectivity index (χ1n) is 10.6. The van der Waals surface area contributed by atoms with E-state index in [1.165, 1.54) is 4.90 Å². The summed E-state index contributed by atoms with van der Waals surface area (Å²) in [6, 6.07) is 7.98. The Morgan fingerprint density at radius 2 is 1.93 bits per heavy atom. The van der Waals surface area contributed by atoms with Crippen LogP contribution in [0.25, 0.3) is 11.0 Å². The van der Waals surface area contributed by atoms with Gasteiger partial charge in [-0.1, -0.05) is 31.4 Å². The highest BCUT2D eigenvalue weighted by Crippen LogP contribution is 2.46. The summed E-state index contributed by atoms with van der Waals surface area (Å²) >= 11 is 0. The fourth-order valence-corrected chi connectivity index (χ4v) is 4.61. The van der Waals surface area contributed by atoms with Crippen LogP contribution in [0.1, 0.15) is 57.2 Å². The molecule has 0 atom stereocenters. The Morgan fingerprint density at radius 1 is 1.14 bits per heavy atom. The number of hydrogen-bond donors (Lipinski definition) is 2. The second-order valence-corrected chi connectivity index (χ2v) is 8.31. The van der Waals surface area contributed by atoms with E-state index >= 15 is 0 Å². The van der Waals surface area contributed by atoms with Gasteiger partial charge in [-0.15, -0.1) is 0 Å². The van der Waals surface area contributed by atoms with Gasteiger partial charge in [-0.3, -0.25) is 19.3 Å². The minimum absolute atomic E-state index is 0.138. The minimum atomic E-state index is -0.506. The number of fused-ring (bicyclic) bond motifs is 1. The lowest BCUT2D eigenvalue weighted by Crippen LogP contribution is -2.42. The average Bonchev–Trinajstić information content (AvgIpc) is 3.40. The number of benzene rings is 1. The highest BCUT2D eigenvalue weighted by Gasteiger charge is 2.52. The largest absolute Gasteiger partial charge is 0.355 e. The first-order chi connectivity index (χ1) is 14.1. The number of aromatic amines is 1. The van der Waals surface area contributed by atoms with Crippen molar-refractivity contribution in [2.45, 2.75) is 57.8 Å². The number of carbonyl (C=O) groups is 3. The number of aryl methyl sites for hydroxylation is 1. The zero-order valence-corrected chi connectivity index (χ0v) is 16.7. The number of likely N-dealkylation sites (tertiary alicyclic amines) is 1. The fourth-order valence-electron chi connectivity index (χ4n) is 4.61. The molecule has 29 heavy (non-hydrogen) atoms. The van der Waals surface area contributed by atoms with Gasteiger partial charge < -0.3 is 10.3 Å². The molecular weight excluding hydrogens is 368 g/mol. The van der Waals surface area contributed by atoms with Gasteiger partial charge in [0.15, 0.2) is 0 Å². The second-order valence-electron chi connectivity index (χ2n) is 8.31. The van der Waals surface area contributed by atoms with Gasteiger partial charge in [0.2, 0.25) is 17.7 Å². The number of aromatic nitrogens is 2. The zero-order valence-electron chi connectivity index (χ0n) is 16.7. The molecule has 1 aromatic heterocycles. The van der Waals surface area contributed by atoms with Crippen LogP contribution in [0.3, 0.4) is 0 Å². The van der Waals surface area contributed by atoms with E-state index in [4.69, 9.17) is 0 Å². The number of unbranched alkanes of at least 4 members (excludes halogenated alkanes) is 2. The van der Waals surface area contributed by atoms with Crippen molar-refractivity contribution in [3.63, 3.8) is 0 Å². The number of hydrogen-bond acceptors (Lipinski definition) is 4. The van der Waals surface area contributed by atoms with Gasteiger partial charge in [0.25, 0.3) is 0 Å². The van der Waals surface area contributed by atoms with E-state index in [0.717, 1.165) is 68.2 Å². The van der Waals surface area contributed by atoms with Gasteiger partial charge in [0.05, 0.1) is 16.4 Å². The Bertz CT molecular complexity index is 881. The van der Waals surface area contributed by atoms with Crippen molar-refractivity contribution in [3.8, 4) is 0 Å². The van der Waals surface area contributed by atoms with Gasteiger partial charge in [0.1, 0.15) is 12.4 Å². The van der Waals surface area contributed by atoms with E-state index in [9.17, 15) is 14.4 Å². The number of imidazole rings is 1. The lowest BCUT2D eigenvalue weighted by Gasteiger charge is -2.20. The molecule has 0 unspecified atom stereocenters. The molecule has 4 rings (SSSR count). The molecule has 2 aromatic rings. The average molecular weight is 396 g/mol. The number of H-pyrrole nitrogens is 1. The van der Waals surface area contributed by atoms with Crippen molar-refractivity contribution < 1.29 is 14.4 Å². The number of para-hydroxylation sites is 2. The van der Waals surface area contributed by atoms with Crippen LogP contribution in [0.4, 0.5) is 0 Å². The summed E-state index contributed by atoms with van der Waals surface area (Å²) in [5.41, 5.74) is 1.54. The van der Waals surface area contributed by atoms with Crippen LogP contribution >= 0.6 is 0 Å². The summed E-state index contributed by atoms with van der Waals surface area (Å²) in [4.78, 5) is 46.1. The SMILES string of the molecule is O=C(CN1C(=O)CC2(CCCC2)C1=O)NCCCCCc1nc2ccccc2[nH]1. The Hall–Kier alpha value is -2.70. The number of amides is 3. The van der Waals surface area contributed by atoms with Crippen molar-refractivity contribution in [3.05, 3.63) is 30.1 Å². The quantitative estimate of drug-likeness (QED) is 0.530. The maximum absolute atomic E-state index is 12.6. The number of carbonyl (C=O) groups excluding carboxylic acids is 3. The van der Waals surface area contributed by atoms with Crippen molar-refractivity contribution in [1.29, 1.82) is 0 Å². The molecule has 2 heterocycles. The molecule has 1 aromatic carbocycles. The zero-order chi connectivity index (χ0) is 20.3. The van der Waals surface area contributed by atoms with Gasteiger partial charge in [-0.2, -0.15) is 0 Å². The predicted octanol–water partition coefficient (Wildman–Crippen LogP) is 2.71. The monoisotopic (exact) mass is 396 g/mol. The third kappa shape index (κ3) is 4.18. The fraction of sp³-hybridized carbons (Fsp3) is 0.545. The van der Waals surface area contributed by atoms with Crippen molar-refractivity contribution in [2.24, 2.45) is 5.41 Å². The molecule has 1 saturated carbocycles. The van der Waals surface area contributed by atoms with Crippen LogP contribution in [0.15, 0.2) is 24.3 Å². The Balaban J connectivity index is 1.14. The molecule has 0 radical (unpaired) electrons. The maximum Gasteiger partial charge on any atom is 0.240 e. The molecule has 1 aliphatic heterocycles. The topological polar surface area (TPSA) is 95.2 Å². The summed E-state index contributed by atoms with van der Waals surface area (Å²) < 4.78 is 0. The maximum atomic E-state index is 12.6. The van der Waals surface area contributed by atoms with E-state index in [1.807, 2.05) is 24.3 Å². The molecule has 2 fully saturated rings. The van der Waals surface area contributed by atoms with Crippen molar-refractivity contribution >= 4 is 28.8 Å². The Kier molecular flexibility index (Phi) is 5.65. The van der Waals surface area contributed by atoms with Crippen molar-refractivity contribution in [1.82, 2.24) is 20.2 Å². The standard InChI is InChI=1S/C22H28N4O3/c27-19(15-26-20(28)14-22(21(26)29)11-5-6-12-22)23-13-7-1-2-10-18-24-16-8-3-4-9-17(16)25-18/h3-4,8-9H,1-2,5-7,10-15H2,(H,23,27)(H,24,25). The van der Waals surface area contributed by atoms with E-state index in [-0.39, 0.29) is 30.7 Å². The molecule has 3 amide bonds. The Morgan fingerprint density at radius 3 is 2.72 bits per heavy atom. The third-order valence-corrected chi connectivity index (χ3v) is 6.20. The summed E-state index contributed by atoms with van der Waals surface area (Å²) in [6.07, 6.45) is 7.52. The first kappa shape index (κ1) is 19.6. The summed E-state index contributed by atoms with van der Waals surface area (Å²) in [7, 11) is 0. The van der Waals surface area contributed by atoms with Crippen molar-refractivity contribution in [2.75, 3.05) is 13.1 Å². The van der Waals surface area contributed by atoms with Crippen LogP contribution in [-0.2, 0) is 20.8 Å². The summed E-state index contributed by atoms with van der Waals surface area (Å²) in [6.45, 7) is 0.415. The first-order valence-corrected chi connectivity index (χ1v) is 10.6. The van der Waals surface area contributed by atoms with Gasteiger partial charge in [0, 0.05) is 19.4 Å². The predicted molar refractivity (Wildman–Crippen MR) is 109 cm³/mol. The molecule has 7 nitrogen and oxygen atoms in total. The highest BCUT2D eigenvalue weighted by atomic mass is 16.2. The van der Waals surface area contributed by atoms with E-state index in [1.54, 1.807) is 0 Å². The molecule has 1 aliphatic carbocycles. The molecule has 2 aliphatic rings. The van der Waals surface area contributed by atoms with E-state index in [2.05, 4.69) is 15.3 Å². The molecule has 1 saturated heterocycles. The molecular formula is C22H28N4O3. The molecule has 2 N–H and O–H groups in total. The molecule has 7 heteroatoms. The van der Waals surface area contributed by atoms with Gasteiger partial charge >= 0.3 is 0 Å². The van der Waals surface area contributed by atoms with E-state index < -0.39 is 5.41 Å². The number of nitrogens with zero attached hydrogens (tertiary/aromatic N) is 2. The van der Waals surface area contributed by atoms with Crippen LogP contribution in [0, 0.1) is 5.41 Å². The van der Waals surface area contributed by atoms with Crippen LogP contribution in [0.2, 0.25) is 0 Å². The normalized spacial score (nSPS) is 18.3. The van der Waals surface area contributed by atoms with Gasteiger partial charge in [-0.25, -0.2) is 4.98 Å². The molecule has 1 spiro atoms. The summed E-state index contributed by atoms with van der Waals surface area (Å²) in [5.74, 6) is 0.403. The molecule has 0 bridgehead atoms. The number of rotatable bonds is 8. The lowest BCUT2D eigenvalue weighted by molar-refractivity contribution is -0.144. The third-order valence-electron chi connectivity index (χ3n) is 6.20. The Labute approximate surface area is 170 Å². The second kappa shape index (κ2) is 8.35. The minimum Gasteiger partial charge on any atom is -0.355 e. The van der Waals surface area contributed by atoms with E-state index in [0.29, 0.717) is 6.54 Å². The smallest absolute Gasteiger partial charge is 0.240 e. The lowest BCUT2D eigenvalue weighted by atomic mass is 9.84. The van der Waals surface area contributed by atoms with Crippen LogP contribution in [-0.4, -0.2) is 45.7 Å². The van der Waals surface area contributed by atoms with Gasteiger partial charge in [-0.05, 0) is 37.8 Å². The van der Waals surface area contributed by atoms with Crippen LogP contribution < -0.4 is 5.32 Å². The summed E-state index contributed by atoms with van der Waals surface area (Å²) in [5, 5.41) is 2.84. The number of nitrogens with one attached hydrogen (secondary N) is 2. The highest BCUT2D eigenvalue weighted by molar-refractivity contribution is 6.08. The number of imide groups is 1. The van der Waals surface area contributed by atoms with Crippen LogP contribution in [0.5, 0.6) is 0 Å². The molecule has 154 valence electrons.